The summed E-state index contributed by atoms with van der Waals surface area (Å²) in [5.41, 5.74) is 1.63. The molecule has 11 heteroatoms. The van der Waals surface area contributed by atoms with Gasteiger partial charge < -0.3 is 25.4 Å². The Morgan fingerprint density at radius 2 is 2.06 bits per heavy atom. The van der Waals surface area contributed by atoms with E-state index in [4.69, 9.17) is 9.90 Å². The van der Waals surface area contributed by atoms with Crippen molar-refractivity contribution in [1.82, 2.24) is 25.4 Å². The fourth-order valence-corrected chi connectivity index (χ4v) is 3.43. The molecule has 0 saturated heterocycles. The number of nitrogens with zero attached hydrogens (tertiary/aromatic N) is 2. The van der Waals surface area contributed by atoms with E-state index in [-0.39, 0.29) is 29.9 Å². The number of pyridine rings is 1. The number of carbonyl (C=O) groups excluding carboxylic acids is 2. The minimum absolute atomic E-state index is 0.179. The lowest BCUT2D eigenvalue weighted by atomic mass is 10.1. The van der Waals surface area contributed by atoms with Crippen LogP contribution in [-0.4, -0.2) is 55.4 Å². The van der Waals surface area contributed by atoms with Crippen LogP contribution in [0.15, 0.2) is 29.2 Å². The maximum absolute atomic E-state index is 12.4. The van der Waals surface area contributed by atoms with Gasteiger partial charge in [0.05, 0.1) is 24.4 Å². The summed E-state index contributed by atoms with van der Waals surface area (Å²) in [5, 5.41) is 29.6. The van der Waals surface area contributed by atoms with Crippen molar-refractivity contribution in [3.63, 3.8) is 0 Å². The standard InChI is InChI=1S/C19H25N5O4.CH2O2/c1-3-24-5-4-12(9-17(24)26)19(28)21-15-7-13(8-16(15)25)18(27)20-10-14-6-11(2)22-23-14;2-1-3/h4-6,9,13,15-16,25H,3,7-8,10H2,1-2H3,(H,20,27)(H,21,28)(H,22,23);1H,(H,2,3)/t13-,15+,16+;/m0./s1. The fourth-order valence-electron chi connectivity index (χ4n) is 3.43. The molecule has 2 aromatic rings. The molecule has 1 aliphatic carbocycles. The van der Waals surface area contributed by atoms with Crippen LogP contribution in [-0.2, 0) is 22.7 Å². The number of hydrogen-bond acceptors (Lipinski definition) is 6. The number of H-pyrrole nitrogens is 1. The zero-order valence-corrected chi connectivity index (χ0v) is 17.4. The SMILES string of the molecule is CCn1ccc(C(=O)N[C@@H]2C[C@H](C(=O)NCc3cc(C)[nH]n3)C[C@H]2O)cc1=O.O=CO. The average Bonchev–Trinajstić information content (AvgIpc) is 3.32. The van der Waals surface area contributed by atoms with Crippen LogP contribution in [0.4, 0.5) is 0 Å². The third kappa shape index (κ3) is 6.51. The van der Waals surface area contributed by atoms with Crippen LogP contribution in [0.1, 0.15) is 41.5 Å². The minimum atomic E-state index is -0.816. The number of amides is 2. The molecule has 11 nitrogen and oxygen atoms in total. The molecule has 0 bridgehead atoms. The first-order valence-electron chi connectivity index (χ1n) is 9.84. The van der Waals surface area contributed by atoms with Gasteiger partial charge in [0, 0.05) is 36.0 Å². The summed E-state index contributed by atoms with van der Waals surface area (Å²) in [6.07, 6.45) is 1.36. The van der Waals surface area contributed by atoms with E-state index in [0.717, 1.165) is 11.4 Å². The van der Waals surface area contributed by atoms with Gasteiger partial charge in [0.15, 0.2) is 0 Å². The molecular formula is C20H27N5O6. The molecule has 3 atom stereocenters. The summed E-state index contributed by atoms with van der Waals surface area (Å²) in [6.45, 7) is 4.30. The van der Waals surface area contributed by atoms with E-state index in [1.807, 2.05) is 19.9 Å². The molecule has 0 aliphatic heterocycles. The number of rotatable bonds is 6. The van der Waals surface area contributed by atoms with Gasteiger partial charge in [-0.15, -0.1) is 0 Å². The molecule has 31 heavy (non-hydrogen) atoms. The maximum Gasteiger partial charge on any atom is 0.290 e. The molecule has 1 fully saturated rings. The Labute approximate surface area is 178 Å². The molecule has 1 aliphatic rings. The lowest BCUT2D eigenvalue weighted by Gasteiger charge is -2.16. The van der Waals surface area contributed by atoms with Crippen molar-refractivity contribution < 1.29 is 24.6 Å². The largest absolute Gasteiger partial charge is 0.483 e. The van der Waals surface area contributed by atoms with Crippen molar-refractivity contribution in [1.29, 1.82) is 0 Å². The van der Waals surface area contributed by atoms with Crippen LogP contribution in [0.3, 0.4) is 0 Å². The highest BCUT2D eigenvalue weighted by atomic mass is 16.3. The third-order valence-corrected chi connectivity index (χ3v) is 5.02. The highest BCUT2D eigenvalue weighted by Crippen LogP contribution is 2.26. The Morgan fingerprint density at radius 1 is 1.35 bits per heavy atom. The first-order valence-corrected chi connectivity index (χ1v) is 9.84. The quantitative estimate of drug-likeness (QED) is 0.393. The maximum atomic E-state index is 12.4. The summed E-state index contributed by atoms with van der Waals surface area (Å²) in [7, 11) is 0. The zero-order valence-electron chi connectivity index (χ0n) is 17.4. The summed E-state index contributed by atoms with van der Waals surface area (Å²) >= 11 is 0. The molecule has 0 spiro atoms. The van der Waals surface area contributed by atoms with Gasteiger partial charge >= 0.3 is 0 Å². The highest BCUT2D eigenvalue weighted by molar-refractivity contribution is 5.94. The second-order valence-electron chi connectivity index (χ2n) is 7.22. The summed E-state index contributed by atoms with van der Waals surface area (Å²) in [4.78, 5) is 45.0. The number of carboxylic acid groups (broad SMARTS) is 1. The lowest BCUT2D eigenvalue weighted by Crippen LogP contribution is -2.40. The Bertz CT molecular complexity index is 969. The molecule has 0 radical (unpaired) electrons. The summed E-state index contributed by atoms with van der Waals surface area (Å²) in [6, 6.07) is 4.15. The van der Waals surface area contributed by atoms with E-state index in [2.05, 4.69) is 20.8 Å². The number of aromatic nitrogens is 3. The van der Waals surface area contributed by atoms with Crippen LogP contribution in [0.2, 0.25) is 0 Å². The second kappa shape index (κ2) is 11.1. The van der Waals surface area contributed by atoms with Crippen molar-refractivity contribution in [2.75, 3.05) is 0 Å². The van der Waals surface area contributed by atoms with E-state index >= 15 is 0 Å². The van der Waals surface area contributed by atoms with Crippen LogP contribution in [0, 0.1) is 12.8 Å². The monoisotopic (exact) mass is 433 g/mol. The highest BCUT2D eigenvalue weighted by Gasteiger charge is 2.37. The summed E-state index contributed by atoms with van der Waals surface area (Å²) in [5.74, 6) is -1.01. The predicted molar refractivity (Wildman–Crippen MR) is 110 cm³/mol. The Morgan fingerprint density at radius 3 is 2.65 bits per heavy atom. The number of carbonyl (C=O) groups is 3. The Hall–Kier alpha value is -3.47. The van der Waals surface area contributed by atoms with Gasteiger partial charge in [0.25, 0.3) is 17.9 Å². The third-order valence-electron chi connectivity index (χ3n) is 5.02. The average molecular weight is 433 g/mol. The molecule has 1 saturated carbocycles. The molecular weight excluding hydrogens is 406 g/mol. The van der Waals surface area contributed by atoms with Crippen LogP contribution in [0.25, 0.3) is 0 Å². The van der Waals surface area contributed by atoms with Crippen LogP contribution >= 0.6 is 0 Å². The van der Waals surface area contributed by atoms with E-state index in [1.54, 1.807) is 12.3 Å². The molecule has 5 N–H and O–H groups in total. The van der Waals surface area contributed by atoms with Gasteiger partial charge in [-0.3, -0.25) is 24.3 Å². The fraction of sp³-hybridized carbons (Fsp3) is 0.450. The van der Waals surface area contributed by atoms with E-state index in [1.165, 1.54) is 10.6 Å². The molecule has 2 amide bonds. The van der Waals surface area contributed by atoms with Crippen molar-refractivity contribution in [3.05, 3.63) is 51.7 Å². The van der Waals surface area contributed by atoms with Crippen LogP contribution < -0.4 is 16.2 Å². The van der Waals surface area contributed by atoms with E-state index in [0.29, 0.717) is 19.5 Å². The molecule has 2 heterocycles. The minimum Gasteiger partial charge on any atom is -0.483 e. The van der Waals surface area contributed by atoms with E-state index < -0.39 is 24.0 Å². The van der Waals surface area contributed by atoms with Crippen molar-refractivity contribution in [3.8, 4) is 0 Å². The van der Waals surface area contributed by atoms with E-state index in [9.17, 15) is 19.5 Å². The second-order valence-corrected chi connectivity index (χ2v) is 7.22. The van der Waals surface area contributed by atoms with Gasteiger partial charge in [0.1, 0.15) is 0 Å². The predicted octanol–water partition coefficient (Wildman–Crippen LogP) is -0.214. The number of nitrogens with one attached hydrogen (secondary N) is 3. The van der Waals surface area contributed by atoms with Gasteiger partial charge in [-0.25, -0.2) is 0 Å². The van der Waals surface area contributed by atoms with Gasteiger partial charge in [-0.1, -0.05) is 0 Å². The van der Waals surface area contributed by atoms with Gasteiger partial charge in [-0.2, -0.15) is 5.10 Å². The van der Waals surface area contributed by atoms with Crippen molar-refractivity contribution in [2.24, 2.45) is 5.92 Å². The lowest BCUT2D eigenvalue weighted by molar-refractivity contribution is -0.125. The van der Waals surface area contributed by atoms with Crippen LogP contribution in [0.5, 0.6) is 0 Å². The zero-order chi connectivity index (χ0) is 23.0. The van der Waals surface area contributed by atoms with Gasteiger partial charge in [0.2, 0.25) is 5.91 Å². The van der Waals surface area contributed by atoms with Crippen molar-refractivity contribution in [2.45, 2.75) is 51.9 Å². The molecule has 3 rings (SSSR count). The smallest absolute Gasteiger partial charge is 0.290 e. The first kappa shape index (κ1) is 23.8. The van der Waals surface area contributed by atoms with Gasteiger partial charge in [-0.05, 0) is 38.8 Å². The molecule has 2 aromatic heterocycles. The topological polar surface area (TPSA) is 166 Å². The first-order chi connectivity index (χ1) is 14.8. The molecule has 168 valence electrons. The Balaban J connectivity index is 0.00000107. The van der Waals surface area contributed by atoms with Crippen molar-refractivity contribution >= 4 is 18.3 Å². The normalized spacial score (nSPS) is 19.8. The Kier molecular flexibility index (Phi) is 8.50. The number of aromatic amines is 1. The molecule has 0 unspecified atom stereocenters. The summed E-state index contributed by atoms with van der Waals surface area (Å²) < 4.78 is 1.49. The molecule has 0 aromatic carbocycles. The number of aryl methyl sites for hydroxylation is 2. The number of aliphatic hydroxyl groups excluding tert-OH is 1. The number of aliphatic hydroxyl groups is 1. The number of hydrogen-bond donors (Lipinski definition) is 5.